The largest absolute Gasteiger partial charge is 0.484 e. The summed E-state index contributed by atoms with van der Waals surface area (Å²) in [6.45, 7) is 12.3. The number of fused-ring (bicyclic) bond motifs is 2. The van der Waals surface area contributed by atoms with Crippen molar-refractivity contribution in [1.29, 1.82) is 0 Å². The van der Waals surface area contributed by atoms with Crippen LogP contribution >= 0.6 is 0 Å². The molecule has 3 aromatic rings. The van der Waals surface area contributed by atoms with E-state index in [1.54, 1.807) is 6.20 Å². The van der Waals surface area contributed by atoms with E-state index in [0.717, 1.165) is 37.4 Å². The minimum Gasteiger partial charge on any atom is -0.484 e. The molecule has 0 aliphatic carbocycles. The molecule has 1 saturated heterocycles. The number of hydrogen-bond acceptors (Lipinski definition) is 8. The Balaban J connectivity index is 1.29. The SMILES string of the molecule is C=C1C=Cc2cnc(Nc3ccc(N4CCN(C)CC4)cc3)nc2N1C1C(=O)c2ccccc2OC1(C)C. The van der Waals surface area contributed by atoms with Gasteiger partial charge >= 0.3 is 0 Å². The number of carbonyl (C=O) groups is 1. The molecule has 8 nitrogen and oxygen atoms in total. The van der Waals surface area contributed by atoms with Gasteiger partial charge in [-0.25, -0.2) is 4.98 Å². The smallest absolute Gasteiger partial charge is 0.229 e. The average Bonchev–Trinajstić information content (AvgIpc) is 2.90. The Kier molecular flexibility index (Phi) is 5.91. The highest BCUT2D eigenvalue weighted by molar-refractivity contribution is 6.07. The molecule has 3 aliphatic heterocycles. The molecular formula is C30H32N6O2. The van der Waals surface area contributed by atoms with Crippen LogP contribution in [0.15, 0.2) is 73.1 Å². The molecule has 194 valence electrons. The molecule has 0 radical (unpaired) electrons. The Morgan fingerprint density at radius 3 is 2.53 bits per heavy atom. The molecule has 2 aromatic carbocycles. The van der Waals surface area contributed by atoms with E-state index in [0.29, 0.717) is 28.8 Å². The van der Waals surface area contributed by atoms with Crippen molar-refractivity contribution in [2.75, 3.05) is 48.3 Å². The lowest BCUT2D eigenvalue weighted by atomic mass is 9.85. The quantitative estimate of drug-likeness (QED) is 0.542. The van der Waals surface area contributed by atoms with Crippen LogP contribution in [0.2, 0.25) is 0 Å². The summed E-state index contributed by atoms with van der Waals surface area (Å²) >= 11 is 0. The minimum absolute atomic E-state index is 0.0214. The molecule has 0 amide bonds. The van der Waals surface area contributed by atoms with Gasteiger partial charge in [-0.15, -0.1) is 0 Å². The summed E-state index contributed by atoms with van der Waals surface area (Å²) in [5, 5.41) is 3.33. The van der Waals surface area contributed by atoms with Crippen LogP contribution in [0.25, 0.3) is 6.08 Å². The third kappa shape index (κ3) is 4.31. The fourth-order valence-electron chi connectivity index (χ4n) is 5.38. The van der Waals surface area contributed by atoms with Gasteiger partial charge in [0.05, 0.1) is 5.56 Å². The average molecular weight is 509 g/mol. The maximum atomic E-state index is 13.8. The van der Waals surface area contributed by atoms with Crippen molar-refractivity contribution in [1.82, 2.24) is 14.9 Å². The molecular weight excluding hydrogens is 476 g/mol. The van der Waals surface area contributed by atoms with Gasteiger partial charge < -0.3 is 24.8 Å². The first-order chi connectivity index (χ1) is 18.3. The van der Waals surface area contributed by atoms with Gasteiger partial charge in [-0.2, -0.15) is 4.98 Å². The van der Waals surface area contributed by atoms with E-state index < -0.39 is 11.6 Å². The van der Waals surface area contributed by atoms with E-state index in [2.05, 4.69) is 45.9 Å². The highest BCUT2D eigenvalue weighted by Gasteiger charge is 2.48. The lowest BCUT2D eigenvalue weighted by Gasteiger charge is -2.45. The van der Waals surface area contributed by atoms with E-state index in [9.17, 15) is 4.79 Å². The van der Waals surface area contributed by atoms with Crippen molar-refractivity contribution in [3.63, 3.8) is 0 Å². The van der Waals surface area contributed by atoms with Crippen molar-refractivity contribution in [2.24, 2.45) is 0 Å². The number of anilines is 4. The highest BCUT2D eigenvalue weighted by atomic mass is 16.5. The number of nitrogens with one attached hydrogen (secondary N) is 1. The van der Waals surface area contributed by atoms with Gasteiger partial charge in [0.15, 0.2) is 5.78 Å². The Labute approximate surface area is 223 Å². The number of likely N-dealkylation sites (N-methyl/N-ethyl adjacent to an activating group) is 1. The summed E-state index contributed by atoms with van der Waals surface area (Å²) < 4.78 is 6.32. The molecule has 1 aromatic heterocycles. The number of nitrogens with zero attached hydrogens (tertiary/aromatic N) is 5. The van der Waals surface area contributed by atoms with E-state index in [4.69, 9.17) is 9.72 Å². The third-order valence-corrected chi connectivity index (χ3v) is 7.47. The van der Waals surface area contributed by atoms with Crippen LogP contribution in [0.1, 0.15) is 29.8 Å². The van der Waals surface area contributed by atoms with Crippen LogP contribution in [-0.2, 0) is 0 Å². The third-order valence-electron chi connectivity index (χ3n) is 7.47. The number of aromatic nitrogens is 2. The molecule has 0 saturated carbocycles. The molecule has 38 heavy (non-hydrogen) atoms. The number of benzene rings is 2. The maximum Gasteiger partial charge on any atom is 0.229 e. The Bertz CT molecular complexity index is 1420. The molecule has 0 spiro atoms. The molecule has 8 heteroatoms. The molecule has 3 aliphatic rings. The van der Waals surface area contributed by atoms with Gasteiger partial charge in [-0.1, -0.05) is 18.7 Å². The lowest BCUT2D eigenvalue weighted by Crippen LogP contribution is -2.59. The van der Waals surface area contributed by atoms with Crippen LogP contribution in [0, 0.1) is 0 Å². The maximum absolute atomic E-state index is 13.8. The molecule has 1 unspecified atom stereocenters. The van der Waals surface area contributed by atoms with Gasteiger partial charge in [0.1, 0.15) is 23.2 Å². The van der Waals surface area contributed by atoms with Gasteiger partial charge in [0, 0.05) is 55.0 Å². The second-order valence-electron chi connectivity index (χ2n) is 10.6. The first kappa shape index (κ1) is 24.2. The number of allylic oxidation sites excluding steroid dienone is 1. The zero-order valence-electron chi connectivity index (χ0n) is 22.0. The van der Waals surface area contributed by atoms with Crippen molar-refractivity contribution in [3.8, 4) is 5.75 Å². The van der Waals surface area contributed by atoms with Crippen LogP contribution in [0.5, 0.6) is 5.75 Å². The number of carbonyl (C=O) groups excluding carboxylic acids is 1. The van der Waals surface area contributed by atoms with Crippen molar-refractivity contribution in [2.45, 2.75) is 25.5 Å². The van der Waals surface area contributed by atoms with Crippen molar-refractivity contribution < 1.29 is 9.53 Å². The van der Waals surface area contributed by atoms with E-state index >= 15 is 0 Å². The van der Waals surface area contributed by atoms with Crippen LogP contribution in [0.3, 0.4) is 0 Å². The van der Waals surface area contributed by atoms with Crippen LogP contribution in [-0.4, -0.2) is 65.5 Å². The zero-order chi connectivity index (χ0) is 26.4. The predicted octanol–water partition coefficient (Wildman–Crippen LogP) is 4.74. The molecule has 4 heterocycles. The second kappa shape index (κ2) is 9.29. The first-order valence-corrected chi connectivity index (χ1v) is 13.0. The van der Waals surface area contributed by atoms with Crippen molar-refractivity contribution >= 4 is 35.0 Å². The van der Waals surface area contributed by atoms with Crippen LogP contribution in [0.4, 0.5) is 23.1 Å². The van der Waals surface area contributed by atoms with Gasteiger partial charge in [0.25, 0.3) is 0 Å². The van der Waals surface area contributed by atoms with Crippen LogP contribution < -0.4 is 19.9 Å². The standard InChI is InChI=1S/C30H32N6O2/c1-20-9-10-21-19-31-29(32-22-11-13-23(14-12-22)35-17-15-34(4)16-18-35)33-28(21)36(20)27-26(37)24-7-5-6-8-25(24)38-30(27,2)3/h5-14,19,27H,1,15-18H2,2-4H3,(H,31,32,33). The Morgan fingerprint density at radius 1 is 1.03 bits per heavy atom. The number of piperazine rings is 1. The number of ether oxygens (including phenoxy) is 1. The van der Waals surface area contributed by atoms with Gasteiger partial charge in [0.2, 0.25) is 5.95 Å². The predicted molar refractivity (Wildman–Crippen MR) is 151 cm³/mol. The lowest BCUT2D eigenvalue weighted by molar-refractivity contribution is 0.0492. The Hall–Kier alpha value is -4.17. The topological polar surface area (TPSA) is 73.8 Å². The summed E-state index contributed by atoms with van der Waals surface area (Å²) in [6, 6.07) is 15.1. The fourth-order valence-corrected chi connectivity index (χ4v) is 5.38. The van der Waals surface area contributed by atoms with E-state index in [-0.39, 0.29) is 5.78 Å². The number of hydrogen-bond donors (Lipinski definition) is 1. The minimum atomic E-state index is -0.811. The zero-order valence-corrected chi connectivity index (χ0v) is 22.0. The van der Waals surface area contributed by atoms with E-state index in [1.165, 1.54) is 5.69 Å². The molecule has 6 rings (SSSR count). The summed E-state index contributed by atoms with van der Waals surface area (Å²) in [7, 11) is 2.16. The van der Waals surface area contributed by atoms with E-state index in [1.807, 2.05) is 67.3 Å². The number of rotatable bonds is 4. The van der Waals surface area contributed by atoms with Gasteiger partial charge in [-0.05, 0) is 69.4 Å². The summed E-state index contributed by atoms with van der Waals surface area (Å²) in [5.74, 6) is 1.65. The second-order valence-corrected chi connectivity index (χ2v) is 10.6. The normalized spacial score (nSPS) is 20.6. The first-order valence-electron chi connectivity index (χ1n) is 13.0. The molecule has 1 fully saturated rings. The monoisotopic (exact) mass is 508 g/mol. The molecule has 0 bridgehead atoms. The van der Waals surface area contributed by atoms with Gasteiger partial charge in [-0.3, -0.25) is 4.79 Å². The highest BCUT2D eigenvalue weighted by Crippen LogP contribution is 2.41. The summed E-state index contributed by atoms with van der Waals surface area (Å²) in [5.41, 5.74) is 3.35. The number of para-hydroxylation sites is 1. The number of Topliss-reactive ketones (excluding diaryl/α,β-unsaturated/α-hetero) is 1. The van der Waals surface area contributed by atoms with Crippen molar-refractivity contribution in [3.05, 3.63) is 84.2 Å². The molecule has 1 N–H and O–H groups in total. The number of ketones is 1. The molecule has 1 atom stereocenters. The summed E-state index contributed by atoms with van der Waals surface area (Å²) in [6.07, 6.45) is 5.59. The Morgan fingerprint density at radius 2 is 1.76 bits per heavy atom. The summed E-state index contributed by atoms with van der Waals surface area (Å²) in [4.78, 5) is 29.8. The fraction of sp³-hybridized carbons (Fsp3) is 0.300.